The predicted octanol–water partition coefficient (Wildman–Crippen LogP) is 8.22. The maximum absolute atomic E-state index is 13.0. The number of halogens is 3. The van der Waals surface area contributed by atoms with Gasteiger partial charge in [0, 0.05) is 29.6 Å². The SMILES string of the molecule is Cc1cccc(N2CCS/C2=N\C(=O)NC2CCC(c3ccc(-c4ncn(-c5ccc(OC(F)(F)F)cc5)n4)cc3)C2)c1C(C)C. The first kappa shape index (κ1) is 31.7. The van der Waals surface area contributed by atoms with Gasteiger partial charge in [0.15, 0.2) is 11.0 Å². The molecule has 46 heavy (non-hydrogen) atoms. The normalized spacial score (nSPS) is 19.3. The number of thioether (sulfide) groups is 1. The van der Waals surface area contributed by atoms with Gasteiger partial charge in [0.2, 0.25) is 0 Å². The number of anilines is 1. The second kappa shape index (κ2) is 13.2. The number of ether oxygens (including phenoxy) is 1. The molecule has 0 spiro atoms. The summed E-state index contributed by atoms with van der Waals surface area (Å²) in [7, 11) is 0. The van der Waals surface area contributed by atoms with Crippen LogP contribution in [0.1, 0.15) is 61.6 Å². The lowest BCUT2D eigenvalue weighted by molar-refractivity contribution is -0.274. The van der Waals surface area contributed by atoms with Crippen LogP contribution in [-0.4, -0.2) is 50.7 Å². The number of aliphatic imine (C=N–C) groups is 1. The number of carbonyl (C=O) groups excluding carboxylic acids is 1. The van der Waals surface area contributed by atoms with Crippen LogP contribution in [0.4, 0.5) is 23.7 Å². The lowest BCUT2D eigenvalue weighted by Crippen LogP contribution is -2.33. The van der Waals surface area contributed by atoms with Crippen molar-refractivity contribution in [3.8, 4) is 22.8 Å². The summed E-state index contributed by atoms with van der Waals surface area (Å²) >= 11 is 1.62. The highest BCUT2D eigenvalue weighted by Gasteiger charge is 2.31. The number of benzene rings is 3. The van der Waals surface area contributed by atoms with Crippen molar-refractivity contribution in [1.82, 2.24) is 20.1 Å². The van der Waals surface area contributed by atoms with E-state index < -0.39 is 6.36 Å². The number of aryl methyl sites for hydroxylation is 1. The summed E-state index contributed by atoms with van der Waals surface area (Å²) in [5.74, 6) is 1.78. The molecule has 2 unspecified atom stereocenters. The maximum atomic E-state index is 13.0. The summed E-state index contributed by atoms with van der Waals surface area (Å²) in [5.41, 5.74) is 6.24. The van der Waals surface area contributed by atoms with Crippen LogP contribution >= 0.6 is 11.8 Å². The van der Waals surface area contributed by atoms with Crippen LogP contribution in [0.25, 0.3) is 17.1 Å². The summed E-state index contributed by atoms with van der Waals surface area (Å²) in [6, 6.07) is 19.6. The first-order valence-electron chi connectivity index (χ1n) is 15.3. The molecule has 1 aliphatic carbocycles. The third-order valence-corrected chi connectivity index (χ3v) is 9.33. The molecule has 6 rings (SSSR count). The van der Waals surface area contributed by atoms with Gasteiger partial charge in [-0.2, -0.15) is 4.99 Å². The molecule has 1 N–H and O–H groups in total. The highest BCUT2D eigenvalue weighted by atomic mass is 32.2. The van der Waals surface area contributed by atoms with Crippen molar-refractivity contribution in [2.24, 2.45) is 4.99 Å². The van der Waals surface area contributed by atoms with Crippen molar-refractivity contribution in [1.29, 1.82) is 0 Å². The number of hydrogen-bond donors (Lipinski definition) is 1. The van der Waals surface area contributed by atoms with Gasteiger partial charge >= 0.3 is 12.4 Å². The minimum Gasteiger partial charge on any atom is -0.406 e. The molecule has 1 saturated carbocycles. The van der Waals surface area contributed by atoms with Gasteiger partial charge in [-0.25, -0.2) is 14.5 Å². The lowest BCUT2D eigenvalue weighted by Gasteiger charge is -2.24. The summed E-state index contributed by atoms with van der Waals surface area (Å²) in [6.07, 6.45) is -0.544. The first-order chi connectivity index (χ1) is 22.0. The van der Waals surface area contributed by atoms with E-state index in [-0.39, 0.29) is 17.8 Å². The van der Waals surface area contributed by atoms with E-state index in [1.165, 1.54) is 52.0 Å². The summed E-state index contributed by atoms with van der Waals surface area (Å²) in [6.45, 7) is 7.34. The van der Waals surface area contributed by atoms with Crippen LogP contribution in [0, 0.1) is 6.92 Å². The Morgan fingerprint density at radius 2 is 1.83 bits per heavy atom. The second-order valence-electron chi connectivity index (χ2n) is 11.9. The summed E-state index contributed by atoms with van der Waals surface area (Å²) < 4.78 is 42.8. The number of rotatable bonds is 7. The number of nitrogens with one attached hydrogen (secondary N) is 1. The van der Waals surface area contributed by atoms with Crippen molar-refractivity contribution < 1.29 is 22.7 Å². The minimum atomic E-state index is -4.74. The van der Waals surface area contributed by atoms with Gasteiger partial charge in [-0.1, -0.05) is 62.0 Å². The molecule has 1 aliphatic heterocycles. The van der Waals surface area contributed by atoms with E-state index in [9.17, 15) is 18.0 Å². The molecule has 3 aromatic carbocycles. The largest absolute Gasteiger partial charge is 0.573 e. The molecule has 2 atom stereocenters. The zero-order valence-corrected chi connectivity index (χ0v) is 26.6. The fraction of sp³-hybridized carbons (Fsp3) is 0.353. The Labute approximate surface area is 270 Å². The lowest BCUT2D eigenvalue weighted by atomic mass is 9.95. The van der Waals surface area contributed by atoms with Crippen LogP contribution < -0.4 is 15.0 Å². The number of amides is 2. The maximum Gasteiger partial charge on any atom is 0.573 e. The molecule has 2 fully saturated rings. The molecule has 1 saturated heterocycles. The Morgan fingerprint density at radius 3 is 2.54 bits per heavy atom. The highest BCUT2D eigenvalue weighted by molar-refractivity contribution is 8.14. The number of amidine groups is 1. The van der Waals surface area contributed by atoms with E-state index in [0.717, 1.165) is 48.0 Å². The van der Waals surface area contributed by atoms with Gasteiger partial charge in [0.25, 0.3) is 0 Å². The van der Waals surface area contributed by atoms with E-state index in [2.05, 4.69) is 81.1 Å². The topological polar surface area (TPSA) is 84.6 Å². The van der Waals surface area contributed by atoms with Crippen LogP contribution in [-0.2, 0) is 0 Å². The Hall–Kier alpha value is -4.32. The molecular formula is C34H35F3N6O2S. The van der Waals surface area contributed by atoms with Gasteiger partial charge in [-0.15, -0.1) is 18.3 Å². The van der Waals surface area contributed by atoms with Crippen LogP contribution in [0.2, 0.25) is 0 Å². The molecule has 4 aromatic rings. The molecule has 2 heterocycles. The van der Waals surface area contributed by atoms with Crippen LogP contribution in [0.3, 0.4) is 0 Å². The van der Waals surface area contributed by atoms with Crippen LogP contribution in [0.15, 0.2) is 78.0 Å². The number of aromatic nitrogens is 3. The van der Waals surface area contributed by atoms with Crippen LogP contribution in [0.5, 0.6) is 5.75 Å². The summed E-state index contributed by atoms with van der Waals surface area (Å²) in [4.78, 5) is 24.1. The number of urea groups is 1. The molecule has 2 amide bonds. The molecule has 1 aromatic heterocycles. The van der Waals surface area contributed by atoms with E-state index in [0.29, 0.717) is 23.3 Å². The second-order valence-corrected chi connectivity index (χ2v) is 13.0. The number of alkyl halides is 3. The average Bonchev–Trinajstić information content (AvgIpc) is 3.78. The fourth-order valence-electron chi connectivity index (χ4n) is 6.30. The molecule has 0 radical (unpaired) electrons. The Balaban J connectivity index is 1.06. The molecule has 8 nitrogen and oxygen atoms in total. The molecular weight excluding hydrogens is 613 g/mol. The molecule has 2 aliphatic rings. The first-order valence-corrected chi connectivity index (χ1v) is 16.3. The standard InChI is InChI=1S/C34H35F3N6O2S/c1-21(2)30-22(3)5-4-6-29(30)42-17-18-46-33(42)40-32(44)39-26-12-11-25(19-26)23-7-9-24(10-8-23)31-38-20-43(41-31)27-13-15-28(16-14-27)45-34(35,36)37/h4-10,13-16,20-21,25-26H,11-12,17-19H2,1-3H3,(H,39,44)/b40-33-. The number of nitrogens with zero attached hydrogens (tertiary/aromatic N) is 5. The molecule has 12 heteroatoms. The van der Waals surface area contributed by atoms with E-state index in [1.807, 2.05) is 12.1 Å². The van der Waals surface area contributed by atoms with Gasteiger partial charge in [-0.05, 0) is 85.0 Å². The van der Waals surface area contributed by atoms with Gasteiger partial charge in [0.05, 0.1) is 5.69 Å². The van der Waals surface area contributed by atoms with E-state index in [4.69, 9.17) is 0 Å². The molecule has 0 bridgehead atoms. The quantitative estimate of drug-likeness (QED) is 0.217. The minimum absolute atomic E-state index is 0.0526. The smallest absolute Gasteiger partial charge is 0.406 e. The van der Waals surface area contributed by atoms with Crippen molar-refractivity contribution >= 4 is 28.6 Å². The van der Waals surface area contributed by atoms with E-state index >= 15 is 0 Å². The average molecular weight is 649 g/mol. The van der Waals surface area contributed by atoms with Gasteiger partial charge in [-0.3, -0.25) is 0 Å². The van der Waals surface area contributed by atoms with Crippen molar-refractivity contribution in [3.05, 3.63) is 89.7 Å². The Kier molecular flexibility index (Phi) is 9.08. The zero-order valence-electron chi connectivity index (χ0n) is 25.8. The van der Waals surface area contributed by atoms with E-state index in [1.54, 1.807) is 11.8 Å². The Morgan fingerprint density at radius 1 is 1.07 bits per heavy atom. The third-order valence-electron chi connectivity index (χ3n) is 8.37. The number of hydrogen-bond acceptors (Lipinski definition) is 5. The molecule has 240 valence electrons. The summed E-state index contributed by atoms with van der Waals surface area (Å²) in [5, 5.41) is 8.38. The highest BCUT2D eigenvalue weighted by Crippen LogP contribution is 2.37. The monoisotopic (exact) mass is 648 g/mol. The van der Waals surface area contributed by atoms with Crippen molar-refractivity contribution in [2.75, 3.05) is 17.2 Å². The number of carbonyl (C=O) groups is 1. The van der Waals surface area contributed by atoms with Gasteiger partial charge < -0.3 is 15.0 Å². The van der Waals surface area contributed by atoms with Crippen molar-refractivity contribution in [2.45, 2.75) is 64.3 Å². The fourth-order valence-corrected chi connectivity index (χ4v) is 7.25. The van der Waals surface area contributed by atoms with Gasteiger partial charge in [0.1, 0.15) is 12.1 Å². The Bertz CT molecular complexity index is 1720. The zero-order chi connectivity index (χ0) is 32.4. The predicted molar refractivity (Wildman–Crippen MR) is 175 cm³/mol. The van der Waals surface area contributed by atoms with Crippen molar-refractivity contribution in [3.63, 3.8) is 0 Å². The third kappa shape index (κ3) is 7.22.